The molecule has 208 valence electrons. The highest BCUT2D eigenvalue weighted by Crippen LogP contribution is 2.35. The van der Waals surface area contributed by atoms with E-state index in [2.05, 4.69) is 32.9 Å². The third-order valence-corrected chi connectivity index (χ3v) is 7.93. The van der Waals surface area contributed by atoms with Gasteiger partial charge in [-0.1, -0.05) is 37.3 Å². The fraction of sp³-hybridized carbons (Fsp3) is 0.344. The molecule has 1 aromatic heterocycles. The van der Waals surface area contributed by atoms with E-state index in [1.54, 1.807) is 24.3 Å². The number of likely N-dealkylation sites (N-methyl/N-ethyl adjacent to an activating group) is 1. The van der Waals surface area contributed by atoms with Gasteiger partial charge in [-0.3, -0.25) is 14.4 Å². The average Bonchev–Trinajstić information content (AvgIpc) is 3.41. The Morgan fingerprint density at radius 1 is 1.12 bits per heavy atom. The molecule has 8 nitrogen and oxygen atoms in total. The second kappa shape index (κ2) is 11.5. The van der Waals surface area contributed by atoms with Crippen LogP contribution in [-0.2, 0) is 4.79 Å². The molecular formula is C32H37N5O3. The summed E-state index contributed by atoms with van der Waals surface area (Å²) in [6.07, 6.45) is 4.55. The Balaban J connectivity index is 1.39. The number of carbonyl (C=O) groups is 3. The highest BCUT2D eigenvalue weighted by molar-refractivity contribution is 6.35. The van der Waals surface area contributed by atoms with Crippen LogP contribution in [0, 0.1) is 13.8 Å². The summed E-state index contributed by atoms with van der Waals surface area (Å²) in [4.78, 5) is 44.9. The van der Waals surface area contributed by atoms with Crippen LogP contribution in [0.2, 0.25) is 0 Å². The Labute approximate surface area is 235 Å². The van der Waals surface area contributed by atoms with Crippen LogP contribution in [0.25, 0.3) is 11.6 Å². The molecule has 2 aliphatic rings. The second-order valence-corrected chi connectivity index (χ2v) is 10.9. The second-order valence-electron chi connectivity index (χ2n) is 10.9. The Morgan fingerprint density at radius 3 is 2.62 bits per heavy atom. The number of aryl methyl sites for hydroxylation is 1. The van der Waals surface area contributed by atoms with E-state index in [1.807, 2.05) is 51.1 Å². The lowest BCUT2D eigenvalue weighted by molar-refractivity contribution is -0.110. The molecule has 8 heteroatoms. The van der Waals surface area contributed by atoms with E-state index in [1.165, 1.54) is 0 Å². The van der Waals surface area contributed by atoms with Gasteiger partial charge < -0.3 is 25.8 Å². The van der Waals surface area contributed by atoms with Crippen LogP contribution < -0.4 is 16.0 Å². The number of aromatic amines is 1. The van der Waals surface area contributed by atoms with Crippen molar-refractivity contribution in [1.29, 1.82) is 0 Å². The SMILES string of the molecule is CC[C@@H](NC(=O)c1ccc2c(c1)C(=Cc1[nH]c(C)c(C(=O)N[C@H]3CCCN(C)C3)c1C)C(=O)N2)c1ccccc1. The van der Waals surface area contributed by atoms with E-state index < -0.39 is 0 Å². The number of benzene rings is 2. The zero-order chi connectivity index (χ0) is 28.4. The molecule has 1 saturated heterocycles. The quantitative estimate of drug-likeness (QED) is 0.323. The van der Waals surface area contributed by atoms with Gasteiger partial charge in [0.05, 0.1) is 17.2 Å². The van der Waals surface area contributed by atoms with Gasteiger partial charge >= 0.3 is 0 Å². The number of aromatic nitrogens is 1. The highest BCUT2D eigenvalue weighted by Gasteiger charge is 2.28. The van der Waals surface area contributed by atoms with Crippen molar-refractivity contribution in [2.75, 3.05) is 25.5 Å². The van der Waals surface area contributed by atoms with Gasteiger partial charge in [0.25, 0.3) is 17.7 Å². The molecule has 2 aromatic carbocycles. The van der Waals surface area contributed by atoms with Gasteiger partial charge in [-0.15, -0.1) is 0 Å². The summed E-state index contributed by atoms with van der Waals surface area (Å²) in [5.41, 5.74) is 6.14. The summed E-state index contributed by atoms with van der Waals surface area (Å²) < 4.78 is 0. The average molecular weight is 540 g/mol. The van der Waals surface area contributed by atoms with Gasteiger partial charge in [0.2, 0.25) is 0 Å². The third kappa shape index (κ3) is 5.58. The number of nitrogens with zero attached hydrogens (tertiary/aromatic N) is 1. The zero-order valence-corrected chi connectivity index (χ0v) is 23.6. The molecule has 2 aliphatic heterocycles. The van der Waals surface area contributed by atoms with E-state index in [4.69, 9.17) is 0 Å². The molecule has 3 aromatic rings. The molecule has 0 radical (unpaired) electrons. The van der Waals surface area contributed by atoms with Crippen molar-refractivity contribution in [1.82, 2.24) is 20.5 Å². The van der Waals surface area contributed by atoms with Crippen molar-refractivity contribution in [3.63, 3.8) is 0 Å². The molecule has 0 unspecified atom stereocenters. The number of rotatable bonds is 7. The number of piperidine rings is 1. The molecule has 0 aliphatic carbocycles. The predicted octanol–water partition coefficient (Wildman–Crippen LogP) is 4.83. The Kier molecular flexibility index (Phi) is 7.89. The lowest BCUT2D eigenvalue weighted by atomic mass is 10.00. The molecule has 40 heavy (non-hydrogen) atoms. The molecule has 4 N–H and O–H groups in total. The largest absolute Gasteiger partial charge is 0.358 e. The number of hydrogen-bond donors (Lipinski definition) is 4. The maximum absolute atomic E-state index is 13.2. The van der Waals surface area contributed by atoms with Crippen molar-refractivity contribution in [3.05, 3.63) is 87.7 Å². The van der Waals surface area contributed by atoms with Gasteiger partial charge in [-0.25, -0.2) is 0 Å². The Bertz CT molecular complexity index is 1470. The van der Waals surface area contributed by atoms with Crippen molar-refractivity contribution in [3.8, 4) is 0 Å². The van der Waals surface area contributed by atoms with Crippen LogP contribution in [0.5, 0.6) is 0 Å². The number of carbonyl (C=O) groups excluding carboxylic acids is 3. The number of fused-ring (bicyclic) bond motifs is 1. The number of H-pyrrole nitrogens is 1. The normalized spacial score (nSPS) is 18.8. The van der Waals surface area contributed by atoms with E-state index in [9.17, 15) is 14.4 Å². The molecule has 5 rings (SSSR count). The standard InChI is InChI=1S/C32H37N5O3/c1-5-26(21-10-7-6-8-11-21)35-30(38)22-13-14-27-24(16-22)25(31(39)36-27)17-28-19(2)29(20(3)33-28)32(40)34-23-12-9-15-37(4)18-23/h6-8,10-11,13-14,16-17,23,26,33H,5,9,12,15,18H2,1-4H3,(H,34,40)(H,35,38)(H,36,39)/t23-,26+/m0/s1. The van der Waals surface area contributed by atoms with E-state index in [0.717, 1.165) is 49.2 Å². The predicted molar refractivity (Wildman–Crippen MR) is 158 cm³/mol. The lowest BCUT2D eigenvalue weighted by Crippen LogP contribution is -2.46. The number of likely N-dealkylation sites (tertiary alicyclic amines) is 1. The van der Waals surface area contributed by atoms with Crippen LogP contribution in [0.3, 0.4) is 0 Å². The summed E-state index contributed by atoms with van der Waals surface area (Å²) in [6, 6.07) is 15.1. The zero-order valence-electron chi connectivity index (χ0n) is 23.6. The molecule has 0 bridgehead atoms. The van der Waals surface area contributed by atoms with Crippen molar-refractivity contribution < 1.29 is 14.4 Å². The third-order valence-electron chi connectivity index (χ3n) is 7.93. The minimum Gasteiger partial charge on any atom is -0.358 e. The summed E-state index contributed by atoms with van der Waals surface area (Å²) in [6.45, 7) is 7.68. The maximum atomic E-state index is 13.2. The van der Waals surface area contributed by atoms with E-state index >= 15 is 0 Å². The van der Waals surface area contributed by atoms with Gasteiger partial charge in [-0.2, -0.15) is 0 Å². The summed E-state index contributed by atoms with van der Waals surface area (Å²) in [5.74, 6) is -0.544. The summed E-state index contributed by atoms with van der Waals surface area (Å²) in [7, 11) is 2.07. The summed E-state index contributed by atoms with van der Waals surface area (Å²) >= 11 is 0. The number of anilines is 1. The lowest BCUT2D eigenvalue weighted by Gasteiger charge is -2.30. The Morgan fingerprint density at radius 2 is 1.90 bits per heavy atom. The van der Waals surface area contributed by atoms with Crippen molar-refractivity contribution in [2.45, 2.75) is 52.1 Å². The maximum Gasteiger partial charge on any atom is 0.256 e. The van der Waals surface area contributed by atoms with Crippen molar-refractivity contribution >= 4 is 35.1 Å². The van der Waals surface area contributed by atoms with Crippen LogP contribution >= 0.6 is 0 Å². The van der Waals surface area contributed by atoms with Gasteiger partial charge in [-0.05, 0) is 82.1 Å². The van der Waals surface area contributed by atoms with Gasteiger partial charge in [0.15, 0.2) is 0 Å². The fourth-order valence-corrected chi connectivity index (χ4v) is 5.77. The minimum absolute atomic E-state index is 0.102. The molecule has 3 amide bonds. The van der Waals surface area contributed by atoms with Gasteiger partial charge in [0.1, 0.15) is 0 Å². The van der Waals surface area contributed by atoms with E-state index in [-0.39, 0.29) is 29.8 Å². The molecule has 3 heterocycles. The smallest absolute Gasteiger partial charge is 0.256 e. The molecule has 1 fully saturated rings. The molecule has 2 atom stereocenters. The molecule has 0 spiro atoms. The molecule has 0 saturated carbocycles. The highest BCUT2D eigenvalue weighted by atomic mass is 16.2. The van der Waals surface area contributed by atoms with Crippen molar-refractivity contribution in [2.24, 2.45) is 0 Å². The molecular weight excluding hydrogens is 502 g/mol. The van der Waals surface area contributed by atoms with Crippen LogP contribution in [0.1, 0.15) is 81.0 Å². The fourth-order valence-electron chi connectivity index (χ4n) is 5.77. The first-order chi connectivity index (χ1) is 19.2. The monoisotopic (exact) mass is 539 g/mol. The first kappa shape index (κ1) is 27.4. The van der Waals surface area contributed by atoms with Crippen LogP contribution in [0.4, 0.5) is 5.69 Å². The first-order valence-corrected chi connectivity index (χ1v) is 14.0. The van der Waals surface area contributed by atoms with Crippen LogP contribution in [-0.4, -0.2) is 53.8 Å². The van der Waals surface area contributed by atoms with Crippen LogP contribution in [0.15, 0.2) is 48.5 Å². The minimum atomic E-state index is -0.244. The topological polar surface area (TPSA) is 106 Å². The Hall–Kier alpha value is -4.17. The first-order valence-electron chi connectivity index (χ1n) is 14.0. The van der Waals surface area contributed by atoms with E-state index in [0.29, 0.717) is 33.6 Å². The number of amides is 3. The summed E-state index contributed by atoms with van der Waals surface area (Å²) in [5, 5.41) is 9.20. The number of hydrogen-bond acceptors (Lipinski definition) is 4. The number of nitrogens with one attached hydrogen (secondary N) is 4. The van der Waals surface area contributed by atoms with Gasteiger partial charge in [0, 0.05) is 40.8 Å².